The van der Waals surface area contributed by atoms with Gasteiger partial charge in [-0.1, -0.05) is 23.7 Å². The fraction of sp³-hybridized carbons (Fsp3) is 0.385. The van der Waals surface area contributed by atoms with E-state index in [0.717, 1.165) is 0 Å². The van der Waals surface area contributed by atoms with E-state index >= 15 is 0 Å². The number of hydrogen-bond acceptors (Lipinski definition) is 4. The summed E-state index contributed by atoms with van der Waals surface area (Å²) >= 11 is 6.01. The molecule has 0 aliphatic heterocycles. The molecule has 0 amide bonds. The van der Waals surface area contributed by atoms with Crippen LogP contribution in [-0.4, -0.2) is 39.5 Å². The van der Waals surface area contributed by atoms with Crippen molar-refractivity contribution in [2.24, 2.45) is 5.73 Å². The van der Waals surface area contributed by atoms with Crippen molar-refractivity contribution in [2.75, 3.05) is 26.8 Å². The fourth-order valence-corrected chi connectivity index (χ4v) is 3.39. The van der Waals surface area contributed by atoms with Gasteiger partial charge in [-0.2, -0.15) is 4.31 Å². The summed E-state index contributed by atoms with van der Waals surface area (Å²) in [5.41, 5.74) is 6.22. The Morgan fingerprint density at radius 2 is 2.20 bits per heavy atom. The molecule has 1 aromatic rings. The molecule has 0 radical (unpaired) electrons. The predicted octanol–water partition coefficient (Wildman–Crippen LogP) is 1.62. The zero-order valence-corrected chi connectivity index (χ0v) is 13.0. The molecule has 0 fully saturated rings. The number of rotatable bonds is 8. The van der Waals surface area contributed by atoms with Gasteiger partial charge in [0.1, 0.15) is 0 Å². The maximum Gasteiger partial charge on any atom is 0.243 e. The second kappa shape index (κ2) is 7.75. The zero-order chi connectivity index (χ0) is 15.2. The first-order chi connectivity index (χ1) is 9.47. The first-order valence-electron chi connectivity index (χ1n) is 6.05. The number of ether oxygens (including phenoxy) is 1. The molecule has 0 aliphatic rings. The number of nitrogens with zero attached hydrogens (tertiary/aromatic N) is 1. The number of methoxy groups -OCH3 is 1. The molecule has 0 bridgehead atoms. The Balaban J connectivity index is 3.11. The number of benzene rings is 1. The van der Waals surface area contributed by atoms with Crippen molar-refractivity contribution >= 4 is 21.6 Å². The predicted molar refractivity (Wildman–Crippen MR) is 80.2 cm³/mol. The van der Waals surface area contributed by atoms with E-state index in [4.69, 9.17) is 22.1 Å². The minimum atomic E-state index is -3.63. The summed E-state index contributed by atoms with van der Waals surface area (Å²) in [4.78, 5) is 0.137. The van der Waals surface area contributed by atoms with Crippen LogP contribution < -0.4 is 5.73 Å². The van der Waals surface area contributed by atoms with Gasteiger partial charge in [-0.25, -0.2) is 8.42 Å². The smallest absolute Gasteiger partial charge is 0.243 e. The van der Waals surface area contributed by atoms with Crippen molar-refractivity contribution in [1.82, 2.24) is 4.31 Å². The standard InChI is InChI=1S/C13H19ClN2O3S/c1-3-6-16(7-8-19-2)20(17,18)12-5-4-11(10-15)13(14)9-12/h3-5,9H,1,6-8,10,15H2,2H3. The number of sulfonamides is 1. The Labute approximate surface area is 125 Å². The van der Waals surface area contributed by atoms with Crippen molar-refractivity contribution in [3.8, 4) is 0 Å². The van der Waals surface area contributed by atoms with Gasteiger partial charge in [-0.3, -0.25) is 0 Å². The van der Waals surface area contributed by atoms with Gasteiger partial charge >= 0.3 is 0 Å². The molecule has 0 spiro atoms. The van der Waals surface area contributed by atoms with Gasteiger partial charge in [0, 0.05) is 31.8 Å². The third-order valence-electron chi connectivity index (χ3n) is 2.76. The molecule has 0 atom stereocenters. The summed E-state index contributed by atoms with van der Waals surface area (Å²) in [6.45, 7) is 4.60. The van der Waals surface area contributed by atoms with Crippen LogP contribution in [0.3, 0.4) is 0 Å². The van der Waals surface area contributed by atoms with E-state index in [9.17, 15) is 8.42 Å². The summed E-state index contributed by atoms with van der Waals surface area (Å²) in [6.07, 6.45) is 1.53. The van der Waals surface area contributed by atoms with Crippen LogP contribution in [0.25, 0.3) is 0 Å². The van der Waals surface area contributed by atoms with Crippen molar-refractivity contribution in [3.63, 3.8) is 0 Å². The molecular weight excluding hydrogens is 300 g/mol. The van der Waals surface area contributed by atoms with E-state index in [0.29, 0.717) is 17.2 Å². The monoisotopic (exact) mass is 318 g/mol. The SMILES string of the molecule is C=CCN(CCOC)S(=O)(=O)c1ccc(CN)c(Cl)c1. The highest BCUT2D eigenvalue weighted by molar-refractivity contribution is 7.89. The number of nitrogens with two attached hydrogens (primary N) is 1. The molecule has 0 unspecified atom stereocenters. The molecule has 0 saturated carbocycles. The fourth-order valence-electron chi connectivity index (χ4n) is 1.65. The molecule has 7 heteroatoms. The maximum absolute atomic E-state index is 12.5. The van der Waals surface area contributed by atoms with Gasteiger partial charge in [-0.15, -0.1) is 6.58 Å². The van der Waals surface area contributed by atoms with Gasteiger partial charge in [0.05, 0.1) is 11.5 Å². The van der Waals surface area contributed by atoms with Crippen LogP contribution in [0.15, 0.2) is 35.7 Å². The van der Waals surface area contributed by atoms with E-state index in [-0.39, 0.29) is 24.5 Å². The van der Waals surface area contributed by atoms with Crippen molar-refractivity contribution in [1.29, 1.82) is 0 Å². The van der Waals surface area contributed by atoms with Gasteiger partial charge < -0.3 is 10.5 Å². The van der Waals surface area contributed by atoms with Crippen LogP contribution in [0.4, 0.5) is 0 Å². The minimum absolute atomic E-state index is 0.137. The highest BCUT2D eigenvalue weighted by Gasteiger charge is 2.23. The van der Waals surface area contributed by atoms with Gasteiger partial charge in [-0.05, 0) is 17.7 Å². The molecule has 0 aliphatic carbocycles. The normalized spacial score (nSPS) is 11.8. The van der Waals surface area contributed by atoms with Crippen LogP contribution in [0.5, 0.6) is 0 Å². The molecule has 0 heterocycles. The number of hydrogen-bond donors (Lipinski definition) is 1. The molecule has 20 heavy (non-hydrogen) atoms. The summed E-state index contributed by atoms with van der Waals surface area (Å²) in [5.74, 6) is 0. The lowest BCUT2D eigenvalue weighted by atomic mass is 10.2. The lowest BCUT2D eigenvalue weighted by Gasteiger charge is -2.20. The zero-order valence-electron chi connectivity index (χ0n) is 11.4. The van der Waals surface area contributed by atoms with Crippen molar-refractivity contribution in [2.45, 2.75) is 11.4 Å². The van der Waals surface area contributed by atoms with E-state index in [1.807, 2.05) is 0 Å². The molecule has 112 valence electrons. The molecule has 0 saturated heterocycles. The third kappa shape index (κ3) is 4.04. The van der Waals surface area contributed by atoms with Crippen LogP contribution >= 0.6 is 11.6 Å². The van der Waals surface area contributed by atoms with Crippen LogP contribution in [0, 0.1) is 0 Å². The summed E-state index contributed by atoms with van der Waals surface area (Å²) < 4.78 is 31.2. The summed E-state index contributed by atoms with van der Waals surface area (Å²) in [5, 5.41) is 0.346. The molecule has 0 aromatic heterocycles. The third-order valence-corrected chi connectivity index (χ3v) is 4.97. The van der Waals surface area contributed by atoms with Crippen molar-refractivity contribution in [3.05, 3.63) is 41.4 Å². The maximum atomic E-state index is 12.5. The van der Waals surface area contributed by atoms with Crippen LogP contribution in [0.2, 0.25) is 5.02 Å². The molecular formula is C13H19ClN2O3S. The summed E-state index contributed by atoms with van der Waals surface area (Å²) in [6, 6.07) is 4.55. The Bertz CT molecular complexity index is 561. The second-order valence-electron chi connectivity index (χ2n) is 4.10. The quantitative estimate of drug-likeness (QED) is 0.739. The first-order valence-corrected chi connectivity index (χ1v) is 7.87. The van der Waals surface area contributed by atoms with E-state index in [1.165, 1.54) is 29.6 Å². The van der Waals surface area contributed by atoms with E-state index in [2.05, 4.69) is 6.58 Å². The lowest BCUT2D eigenvalue weighted by Crippen LogP contribution is -2.34. The van der Waals surface area contributed by atoms with E-state index < -0.39 is 10.0 Å². The van der Waals surface area contributed by atoms with Crippen LogP contribution in [0.1, 0.15) is 5.56 Å². The lowest BCUT2D eigenvalue weighted by molar-refractivity contribution is 0.182. The largest absolute Gasteiger partial charge is 0.383 e. The molecule has 1 rings (SSSR count). The molecule has 1 aromatic carbocycles. The summed E-state index contributed by atoms with van der Waals surface area (Å²) in [7, 11) is -2.11. The Morgan fingerprint density at radius 1 is 1.50 bits per heavy atom. The average Bonchev–Trinajstić information content (AvgIpc) is 2.43. The van der Waals surface area contributed by atoms with Gasteiger partial charge in [0.2, 0.25) is 10.0 Å². The Morgan fingerprint density at radius 3 is 2.70 bits per heavy atom. The highest BCUT2D eigenvalue weighted by atomic mass is 35.5. The van der Waals surface area contributed by atoms with Crippen molar-refractivity contribution < 1.29 is 13.2 Å². The van der Waals surface area contributed by atoms with Gasteiger partial charge in [0.25, 0.3) is 0 Å². The second-order valence-corrected chi connectivity index (χ2v) is 6.45. The molecule has 5 nitrogen and oxygen atoms in total. The Hall–Kier alpha value is -0.920. The first kappa shape index (κ1) is 17.1. The topological polar surface area (TPSA) is 72.6 Å². The van der Waals surface area contributed by atoms with Crippen LogP contribution in [-0.2, 0) is 21.3 Å². The highest BCUT2D eigenvalue weighted by Crippen LogP contribution is 2.23. The number of halogens is 1. The Kier molecular flexibility index (Phi) is 6.64. The minimum Gasteiger partial charge on any atom is -0.383 e. The molecule has 2 N–H and O–H groups in total. The average molecular weight is 319 g/mol. The van der Waals surface area contributed by atoms with E-state index in [1.54, 1.807) is 6.07 Å². The van der Waals surface area contributed by atoms with Gasteiger partial charge in [0.15, 0.2) is 0 Å².